The largest absolute Gasteiger partial charge is 0.299 e. The first-order chi connectivity index (χ1) is 13.4. The standard InChI is InChI=1S/C25H18N2/c1-3-10-20(11-4-1)25-26-24(18-27(25)23-13-5-2-6-14-23)22-16-15-19-9-7-8-12-21(19)17-22/h1-18H. The number of imidazole rings is 1. The van der Waals surface area contributed by atoms with E-state index in [4.69, 9.17) is 4.98 Å². The van der Waals surface area contributed by atoms with Gasteiger partial charge in [0.1, 0.15) is 5.82 Å². The molecule has 4 aromatic carbocycles. The van der Waals surface area contributed by atoms with E-state index >= 15 is 0 Å². The van der Waals surface area contributed by atoms with Gasteiger partial charge in [-0.3, -0.25) is 4.57 Å². The van der Waals surface area contributed by atoms with Gasteiger partial charge in [0.15, 0.2) is 0 Å². The maximum atomic E-state index is 5.00. The fourth-order valence-corrected chi connectivity index (χ4v) is 3.44. The van der Waals surface area contributed by atoms with Crippen LogP contribution < -0.4 is 0 Å². The molecule has 0 spiro atoms. The summed E-state index contributed by atoms with van der Waals surface area (Å²) in [6.07, 6.45) is 2.13. The first-order valence-corrected chi connectivity index (χ1v) is 9.08. The molecule has 0 bridgehead atoms. The molecule has 128 valence electrons. The molecule has 0 saturated carbocycles. The van der Waals surface area contributed by atoms with Crippen LogP contribution in [-0.4, -0.2) is 9.55 Å². The fourth-order valence-electron chi connectivity index (χ4n) is 3.44. The van der Waals surface area contributed by atoms with Crippen molar-refractivity contribution in [3.05, 3.63) is 109 Å². The monoisotopic (exact) mass is 346 g/mol. The Balaban J connectivity index is 1.70. The van der Waals surface area contributed by atoms with Crippen molar-refractivity contribution in [2.75, 3.05) is 0 Å². The van der Waals surface area contributed by atoms with E-state index in [9.17, 15) is 0 Å². The lowest BCUT2D eigenvalue weighted by Gasteiger charge is -2.07. The highest BCUT2D eigenvalue weighted by Crippen LogP contribution is 2.29. The molecule has 5 rings (SSSR count). The average molecular weight is 346 g/mol. The van der Waals surface area contributed by atoms with Gasteiger partial charge >= 0.3 is 0 Å². The molecular formula is C25H18N2. The zero-order valence-electron chi connectivity index (χ0n) is 14.8. The van der Waals surface area contributed by atoms with Crippen LogP contribution in [0.3, 0.4) is 0 Å². The molecule has 2 nitrogen and oxygen atoms in total. The molecule has 0 saturated heterocycles. The SMILES string of the molecule is c1ccc(-c2nc(-c3ccc4ccccc4c3)cn2-c2ccccc2)cc1. The number of hydrogen-bond donors (Lipinski definition) is 0. The summed E-state index contributed by atoms with van der Waals surface area (Å²) in [5, 5.41) is 2.47. The van der Waals surface area contributed by atoms with Crippen molar-refractivity contribution in [2.45, 2.75) is 0 Å². The summed E-state index contributed by atoms with van der Waals surface area (Å²) in [5.74, 6) is 0.949. The minimum Gasteiger partial charge on any atom is -0.299 e. The van der Waals surface area contributed by atoms with Crippen molar-refractivity contribution in [3.63, 3.8) is 0 Å². The lowest BCUT2D eigenvalue weighted by molar-refractivity contribution is 1.07. The third kappa shape index (κ3) is 2.91. The zero-order chi connectivity index (χ0) is 18.1. The van der Waals surface area contributed by atoms with Crippen molar-refractivity contribution < 1.29 is 0 Å². The van der Waals surface area contributed by atoms with Crippen LogP contribution in [0.25, 0.3) is 39.1 Å². The van der Waals surface area contributed by atoms with E-state index in [1.165, 1.54) is 10.8 Å². The first kappa shape index (κ1) is 15.6. The summed E-state index contributed by atoms with van der Waals surface area (Å²) in [6, 6.07) is 35.6. The number of aromatic nitrogens is 2. The predicted octanol–water partition coefficient (Wildman–Crippen LogP) is 6.36. The van der Waals surface area contributed by atoms with E-state index < -0.39 is 0 Å². The Morgan fingerprint density at radius 3 is 2.00 bits per heavy atom. The minimum atomic E-state index is 0.949. The van der Waals surface area contributed by atoms with Crippen molar-refractivity contribution in [1.29, 1.82) is 0 Å². The van der Waals surface area contributed by atoms with Gasteiger partial charge in [0, 0.05) is 23.0 Å². The summed E-state index contributed by atoms with van der Waals surface area (Å²) < 4.78 is 2.17. The van der Waals surface area contributed by atoms with Gasteiger partial charge in [0.25, 0.3) is 0 Å². The highest BCUT2D eigenvalue weighted by Gasteiger charge is 2.13. The van der Waals surface area contributed by atoms with E-state index in [1.54, 1.807) is 0 Å². The van der Waals surface area contributed by atoms with Crippen LogP contribution in [0.1, 0.15) is 0 Å². The maximum absolute atomic E-state index is 5.00. The second kappa shape index (κ2) is 6.58. The van der Waals surface area contributed by atoms with Gasteiger partial charge in [0.05, 0.1) is 5.69 Å². The first-order valence-electron chi connectivity index (χ1n) is 9.08. The Labute approximate surface area is 158 Å². The molecule has 27 heavy (non-hydrogen) atoms. The summed E-state index contributed by atoms with van der Waals surface area (Å²) in [7, 11) is 0. The molecule has 0 aliphatic heterocycles. The number of rotatable bonds is 3. The molecule has 0 aliphatic carbocycles. The third-order valence-corrected chi connectivity index (χ3v) is 4.82. The third-order valence-electron chi connectivity index (χ3n) is 4.82. The van der Waals surface area contributed by atoms with Crippen LogP contribution >= 0.6 is 0 Å². The highest BCUT2D eigenvalue weighted by molar-refractivity contribution is 5.87. The molecular weight excluding hydrogens is 328 g/mol. The summed E-state index contributed by atoms with van der Waals surface area (Å²) in [4.78, 5) is 5.00. The van der Waals surface area contributed by atoms with E-state index in [0.717, 1.165) is 28.3 Å². The molecule has 0 fully saturated rings. The predicted molar refractivity (Wildman–Crippen MR) is 112 cm³/mol. The average Bonchev–Trinajstić information content (AvgIpc) is 3.20. The summed E-state index contributed by atoms with van der Waals surface area (Å²) >= 11 is 0. The quantitative estimate of drug-likeness (QED) is 0.372. The Hall–Kier alpha value is -3.65. The number of benzene rings is 4. The molecule has 0 N–H and O–H groups in total. The van der Waals surface area contributed by atoms with Crippen molar-refractivity contribution in [3.8, 4) is 28.3 Å². The van der Waals surface area contributed by atoms with Crippen molar-refractivity contribution in [2.24, 2.45) is 0 Å². The van der Waals surface area contributed by atoms with Crippen LogP contribution in [0.5, 0.6) is 0 Å². The summed E-state index contributed by atoms with van der Waals surface area (Å²) in [6.45, 7) is 0. The van der Waals surface area contributed by atoms with E-state index in [0.29, 0.717) is 0 Å². The molecule has 0 unspecified atom stereocenters. The second-order valence-corrected chi connectivity index (χ2v) is 6.58. The topological polar surface area (TPSA) is 17.8 Å². The molecule has 0 amide bonds. The van der Waals surface area contributed by atoms with E-state index in [-0.39, 0.29) is 0 Å². The minimum absolute atomic E-state index is 0.949. The second-order valence-electron chi connectivity index (χ2n) is 6.58. The lowest BCUT2D eigenvalue weighted by atomic mass is 10.1. The van der Waals surface area contributed by atoms with E-state index in [1.807, 2.05) is 12.1 Å². The fraction of sp³-hybridized carbons (Fsp3) is 0. The highest BCUT2D eigenvalue weighted by atomic mass is 15.1. The van der Waals surface area contributed by atoms with Crippen LogP contribution in [0.2, 0.25) is 0 Å². The lowest BCUT2D eigenvalue weighted by Crippen LogP contribution is -1.95. The van der Waals surface area contributed by atoms with Gasteiger partial charge in [0.2, 0.25) is 0 Å². The van der Waals surface area contributed by atoms with Gasteiger partial charge in [-0.1, -0.05) is 84.9 Å². The Kier molecular flexibility index (Phi) is 3.80. The molecule has 1 heterocycles. The molecule has 0 aliphatic rings. The zero-order valence-corrected chi connectivity index (χ0v) is 14.8. The molecule has 2 heteroatoms. The van der Waals surface area contributed by atoms with Gasteiger partial charge < -0.3 is 0 Å². The van der Waals surface area contributed by atoms with Gasteiger partial charge in [-0.05, 0) is 29.0 Å². The number of fused-ring (bicyclic) bond motifs is 1. The maximum Gasteiger partial charge on any atom is 0.145 e. The summed E-state index contributed by atoms with van der Waals surface area (Å²) in [5.41, 5.74) is 4.31. The number of nitrogens with zero attached hydrogens (tertiary/aromatic N) is 2. The van der Waals surface area contributed by atoms with Crippen LogP contribution in [0.4, 0.5) is 0 Å². The van der Waals surface area contributed by atoms with Crippen molar-refractivity contribution in [1.82, 2.24) is 9.55 Å². The number of hydrogen-bond acceptors (Lipinski definition) is 1. The van der Waals surface area contributed by atoms with Crippen LogP contribution in [-0.2, 0) is 0 Å². The number of para-hydroxylation sites is 1. The molecule has 0 atom stereocenters. The van der Waals surface area contributed by atoms with Gasteiger partial charge in [-0.25, -0.2) is 4.98 Å². The van der Waals surface area contributed by atoms with Gasteiger partial charge in [-0.2, -0.15) is 0 Å². The van der Waals surface area contributed by atoms with Crippen molar-refractivity contribution >= 4 is 10.8 Å². The van der Waals surface area contributed by atoms with Crippen LogP contribution in [0.15, 0.2) is 109 Å². The molecule has 1 aromatic heterocycles. The Morgan fingerprint density at radius 1 is 0.556 bits per heavy atom. The Morgan fingerprint density at radius 2 is 1.22 bits per heavy atom. The molecule has 0 radical (unpaired) electrons. The van der Waals surface area contributed by atoms with Gasteiger partial charge in [-0.15, -0.1) is 0 Å². The molecule has 5 aromatic rings. The Bertz CT molecular complexity index is 1150. The normalized spacial score (nSPS) is 11.0. The van der Waals surface area contributed by atoms with Crippen LogP contribution in [0, 0.1) is 0 Å². The van der Waals surface area contributed by atoms with E-state index in [2.05, 4.69) is 102 Å². The smallest absolute Gasteiger partial charge is 0.145 e.